The van der Waals surface area contributed by atoms with Gasteiger partial charge in [-0.05, 0) is 35.2 Å². The lowest BCUT2D eigenvalue weighted by molar-refractivity contribution is -0.137. The number of carboxylic acid groups (broad SMARTS) is 1. The average molecular weight is 319 g/mol. The molecule has 1 aromatic carbocycles. The van der Waals surface area contributed by atoms with E-state index in [0.717, 1.165) is 30.2 Å². The molecule has 0 saturated heterocycles. The normalized spacial score (nSPS) is 10.7. The molecule has 2 rings (SSSR count). The third-order valence-electron chi connectivity index (χ3n) is 3.55. The lowest BCUT2D eigenvalue weighted by Crippen LogP contribution is -2.25. The Hall–Kier alpha value is -1.88. The van der Waals surface area contributed by atoms with Crippen LogP contribution in [0.4, 0.5) is 0 Å². The molecule has 0 spiro atoms. The molecule has 2 aromatic rings. The Balaban J connectivity index is 1.65. The van der Waals surface area contributed by atoms with Gasteiger partial charge in [0.2, 0.25) is 5.91 Å². The molecule has 1 aromatic heterocycles. The molecule has 1 heterocycles. The summed E-state index contributed by atoms with van der Waals surface area (Å²) in [6.07, 6.45) is 4.12. The van der Waals surface area contributed by atoms with Crippen molar-refractivity contribution in [3.8, 4) is 0 Å². The first kappa shape index (κ1) is 16.5. The maximum absolute atomic E-state index is 11.9. The molecule has 0 atom stereocenters. The number of nitrogens with one attached hydrogen (secondary N) is 1. The van der Waals surface area contributed by atoms with Crippen LogP contribution in [0.1, 0.15) is 37.7 Å². The molecule has 0 aliphatic carbocycles. The Kier molecular flexibility index (Phi) is 6.40. The zero-order valence-electron chi connectivity index (χ0n) is 12.5. The van der Waals surface area contributed by atoms with Gasteiger partial charge in [0, 0.05) is 17.7 Å². The molecule has 2 N–H and O–H groups in total. The van der Waals surface area contributed by atoms with E-state index in [1.54, 1.807) is 11.3 Å². The van der Waals surface area contributed by atoms with Crippen LogP contribution in [0.2, 0.25) is 0 Å². The summed E-state index contributed by atoms with van der Waals surface area (Å²) in [5.74, 6) is -0.689. The van der Waals surface area contributed by atoms with Crippen LogP contribution in [-0.4, -0.2) is 23.5 Å². The maximum Gasteiger partial charge on any atom is 0.303 e. The van der Waals surface area contributed by atoms with Crippen molar-refractivity contribution in [2.24, 2.45) is 0 Å². The van der Waals surface area contributed by atoms with Crippen LogP contribution in [0.5, 0.6) is 0 Å². The molecule has 118 valence electrons. The van der Waals surface area contributed by atoms with Crippen LogP contribution in [0.15, 0.2) is 29.6 Å². The van der Waals surface area contributed by atoms with Gasteiger partial charge in [0.1, 0.15) is 0 Å². The highest BCUT2D eigenvalue weighted by molar-refractivity contribution is 7.17. The average Bonchev–Trinajstić information content (AvgIpc) is 2.89. The largest absolute Gasteiger partial charge is 0.481 e. The number of amides is 1. The van der Waals surface area contributed by atoms with Crippen molar-refractivity contribution in [1.29, 1.82) is 0 Å². The number of carboxylic acids is 1. The number of aliphatic carboxylic acids is 1. The molecule has 22 heavy (non-hydrogen) atoms. The monoisotopic (exact) mass is 319 g/mol. The van der Waals surface area contributed by atoms with Gasteiger partial charge in [-0.3, -0.25) is 9.59 Å². The van der Waals surface area contributed by atoms with E-state index in [2.05, 4.69) is 22.8 Å². The smallest absolute Gasteiger partial charge is 0.303 e. The summed E-state index contributed by atoms with van der Waals surface area (Å²) in [5.41, 5.74) is 1.08. The first-order chi connectivity index (χ1) is 10.7. The molecule has 0 fully saturated rings. The zero-order chi connectivity index (χ0) is 15.8. The fourth-order valence-electron chi connectivity index (χ4n) is 2.39. The van der Waals surface area contributed by atoms with Crippen LogP contribution < -0.4 is 5.32 Å². The number of thiophene rings is 1. The van der Waals surface area contributed by atoms with Gasteiger partial charge in [0.25, 0.3) is 0 Å². The fourth-order valence-corrected chi connectivity index (χ4v) is 3.35. The molecule has 0 bridgehead atoms. The van der Waals surface area contributed by atoms with Gasteiger partial charge in [-0.2, -0.15) is 0 Å². The minimum Gasteiger partial charge on any atom is -0.481 e. The molecular formula is C17H21NO3S. The summed E-state index contributed by atoms with van der Waals surface area (Å²) < 4.78 is 1.21. The number of hydrogen-bond donors (Lipinski definition) is 2. The van der Waals surface area contributed by atoms with Crippen molar-refractivity contribution in [2.45, 2.75) is 38.5 Å². The van der Waals surface area contributed by atoms with E-state index in [1.807, 2.05) is 12.1 Å². The predicted octanol–water partition coefficient (Wildman–Crippen LogP) is 3.60. The first-order valence-electron chi connectivity index (χ1n) is 7.60. The Morgan fingerprint density at radius 3 is 2.68 bits per heavy atom. The zero-order valence-corrected chi connectivity index (χ0v) is 13.3. The quantitative estimate of drug-likeness (QED) is 0.694. The summed E-state index contributed by atoms with van der Waals surface area (Å²) in [7, 11) is 0. The van der Waals surface area contributed by atoms with Gasteiger partial charge in [0.15, 0.2) is 0 Å². The van der Waals surface area contributed by atoms with Crippen LogP contribution >= 0.6 is 11.3 Å². The topological polar surface area (TPSA) is 66.4 Å². The van der Waals surface area contributed by atoms with E-state index in [1.165, 1.54) is 4.70 Å². The van der Waals surface area contributed by atoms with Crippen molar-refractivity contribution in [1.82, 2.24) is 5.32 Å². The summed E-state index contributed by atoms with van der Waals surface area (Å²) in [5, 5.41) is 14.7. The van der Waals surface area contributed by atoms with Gasteiger partial charge in [0.05, 0.1) is 6.42 Å². The van der Waals surface area contributed by atoms with Crippen molar-refractivity contribution in [3.63, 3.8) is 0 Å². The number of carbonyl (C=O) groups is 2. The first-order valence-corrected chi connectivity index (χ1v) is 8.48. The predicted molar refractivity (Wildman–Crippen MR) is 89.3 cm³/mol. The molecule has 4 nitrogen and oxygen atoms in total. The van der Waals surface area contributed by atoms with Crippen molar-refractivity contribution >= 4 is 33.3 Å². The second-order valence-electron chi connectivity index (χ2n) is 5.34. The van der Waals surface area contributed by atoms with Crippen LogP contribution in [0.3, 0.4) is 0 Å². The summed E-state index contributed by atoms with van der Waals surface area (Å²) in [6.45, 7) is 0.661. The van der Waals surface area contributed by atoms with Crippen molar-refractivity contribution in [2.75, 3.05) is 6.54 Å². The Morgan fingerprint density at radius 2 is 1.86 bits per heavy atom. The third kappa shape index (κ3) is 5.15. The van der Waals surface area contributed by atoms with E-state index < -0.39 is 5.97 Å². The highest BCUT2D eigenvalue weighted by Crippen LogP contribution is 2.25. The number of benzene rings is 1. The standard InChI is InChI=1S/C17H21NO3S/c19-16(18-10-6-2-1-3-9-17(20)21)11-13-12-22-15-8-5-4-7-14(13)15/h4-5,7-8,12H,1-3,6,9-11H2,(H,18,19)(H,20,21). The number of unbranched alkanes of at least 4 members (excludes halogenated alkanes) is 3. The highest BCUT2D eigenvalue weighted by Gasteiger charge is 2.08. The minimum absolute atomic E-state index is 0.0501. The molecule has 0 aliphatic heterocycles. The SMILES string of the molecule is O=C(O)CCCCCCNC(=O)Cc1csc2ccccc12. The molecule has 5 heteroatoms. The number of rotatable bonds is 9. The number of carbonyl (C=O) groups excluding carboxylic acids is 1. The number of fused-ring (bicyclic) bond motifs is 1. The van der Waals surface area contributed by atoms with Gasteiger partial charge in [-0.15, -0.1) is 11.3 Å². The molecule has 0 aliphatic rings. The Bertz CT molecular complexity index is 636. The maximum atomic E-state index is 11.9. The van der Waals surface area contributed by atoms with Gasteiger partial charge < -0.3 is 10.4 Å². The lowest BCUT2D eigenvalue weighted by atomic mass is 10.1. The van der Waals surface area contributed by atoms with Crippen molar-refractivity contribution < 1.29 is 14.7 Å². The van der Waals surface area contributed by atoms with Crippen LogP contribution in [0, 0.1) is 0 Å². The molecule has 1 amide bonds. The second-order valence-corrected chi connectivity index (χ2v) is 6.25. The molecular weight excluding hydrogens is 298 g/mol. The second kappa shape index (κ2) is 8.54. The third-order valence-corrected chi connectivity index (χ3v) is 4.56. The molecule has 0 unspecified atom stereocenters. The summed E-state index contributed by atoms with van der Waals surface area (Å²) in [4.78, 5) is 22.3. The van der Waals surface area contributed by atoms with Crippen molar-refractivity contribution in [3.05, 3.63) is 35.2 Å². The Labute approximate surface area is 134 Å². The fraction of sp³-hybridized carbons (Fsp3) is 0.412. The van der Waals surface area contributed by atoms with Gasteiger partial charge in [-0.25, -0.2) is 0 Å². The van der Waals surface area contributed by atoms with Gasteiger partial charge >= 0.3 is 5.97 Å². The van der Waals surface area contributed by atoms with E-state index >= 15 is 0 Å². The Morgan fingerprint density at radius 1 is 1.09 bits per heavy atom. The lowest BCUT2D eigenvalue weighted by Gasteiger charge is -2.05. The summed E-state index contributed by atoms with van der Waals surface area (Å²) in [6, 6.07) is 8.12. The van der Waals surface area contributed by atoms with E-state index in [9.17, 15) is 9.59 Å². The van der Waals surface area contributed by atoms with E-state index in [-0.39, 0.29) is 12.3 Å². The minimum atomic E-state index is -0.740. The van der Waals surface area contributed by atoms with Crippen LogP contribution in [0.25, 0.3) is 10.1 Å². The van der Waals surface area contributed by atoms with Gasteiger partial charge in [-0.1, -0.05) is 31.0 Å². The molecule has 0 saturated carbocycles. The van der Waals surface area contributed by atoms with Crippen LogP contribution in [-0.2, 0) is 16.0 Å². The van der Waals surface area contributed by atoms with E-state index in [4.69, 9.17) is 5.11 Å². The highest BCUT2D eigenvalue weighted by atomic mass is 32.1. The number of hydrogen-bond acceptors (Lipinski definition) is 3. The molecule has 0 radical (unpaired) electrons. The summed E-state index contributed by atoms with van der Waals surface area (Å²) >= 11 is 1.67. The van der Waals surface area contributed by atoms with E-state index in [0.29, 0.717) is 19.4 Å².